The molecule has 1 unspecified atom stereocenters. The minimum absolute atomic E-state index is 0. The van der Waals surface area contributed by atoms with E-state index in [1.165, 1.54) is 36.8 Å². The van der Waals surface area contributed by atoms with E-state index in [1.54, 1.807) is 6.33 Å². The van der Waals surface area contributed by atoms with Crippen LogP contribution in [0.5, 0.6) is 0 Å². The molecule has 0 spiro atoms. The van der Waals surface area contributed by atoms with Crippen molar-refractivity contribution in [3.63, 3.8) is 0 Å². The number of hydrogen-bond donors (Lipinski definition) is 2. The van der Waals surface area contributed by atoms with E-state index >= 15 is 0 Å². The summed E-state index contributed by atoms with van der Waals surface area (Å²) in [5.74, 6) is 1.92. The largest absolute Gasteiger partial charge is 0.354 e. The van der Waals surface area contributed by atoms with E-state index in [0.717, 1.165) is 31.2 Å². The number of halogens is 1. The van der Waals surface area contributed by atoms with Gasteiger partial charge >= 0.3 is 0 Å². The van der Waals surface area contributed by atoms with Gasteiger partial charge < -0.3 is 15.2 Å². The van der Waals surface area contributed by atoms with Gasteiger partial charge in [0, 0.05) is 19.0 Å². The highest BCUT2D eigenvalue weighted by Crippen LogP contribution is 2.18. The number of aromatic nitrogens is 3. The van der Waals surface area contributed by atoms with Gasteiger partial charge in [0.15, 0.2) is 5.96 Å². The van der Waals surface area contributed by atoms with Crippen LogP contribution in [0, 0.1) is 0 Å². The summed E-state index contributed by atoms with van der Waals surface area (Å²) in [6, 6.07) is 9.60. The van der Waals surface area contributed by atoms with Crippen LogP contribution < -0.4 is 10.6 Å². The summed E-state index contributed by atoms with van der Waals surface area (Å²) in [7, 11) is 0. The first kappa shape index (κ1) is 23.6. The Labute approximate surface area is 192 Å². The van der Waals surface area contributed by atoms with Crippen LogP contribution in [-0.4, -0.2) is 33.3 Å². The monoisotopic (exact) mass is 510 g/mol. The van der Waals surface area contributed by atoms with Crippen molar-refractivity contribution >= 4 is 29.9 Å². The summed E-state index contributed by atoms with van der Waals surface area (Å²) < 4.78 is 2.09. The van der Waals surface area contributed by atoms with E-state index < -0.39 is 0 Å². The molecule has 29 heavy (non-hydrogen) atoms. The highest BCUT2D eigenvalue weighted by Gasteiger charge is 2.17. The molecule has 7 heteroatoms. The molecule has 0 aliphatic heterocycles. The molecule has 1 fully saturated rings. The van der Waals surface area contributed by atoms with E-state index in [1.807, 2.05) is 0 Å². The van der Waals surface area contributed by atoms with Gasteiger partial charge in [-0.15, -0.1) is 34.2 Å². The average molecular weight is 510 g/mol. The van der Waals surface area contributed by atoms with Gasteiger partial charge in [0.1, 0.15) is 12.2 Å². The van der Waals surface area contributed by atoms with Crippen molar-refractivity contribution in [2.75, 3.05) is 6.54 Å². The van der Waals surface area contributed by atoms with Crippen LogP contribution in [0.15, 0.2) is 35.6 Å². The normalized spacial score (nSPS) is 15.8. The molecule has 3 rings (SSSR count). The Balaban J connectivity index is 0.00000300. The van der Waals surface area contributed by atoms with Gasteiger partial charge in [-0.25, -0.2) is 0 Å². The summed E-state index contributed by atoms with van der Waals surface area (Å²) >= 11 is 0. The van der Waals surface area contributed by atoms with Gasteiger partial charge in [-0.05, 0) is 37.3 Å². The van der Waals surface area contributed by atoms with E-state index in [9.17, 15) is 0 Å². The van der Waals surface area contributed by atoms with Crippen molar-refractivity contribution in [3.8, 4) is 0 Å². The van der Waals surface area contributed by atoms with Gasteiger partial charge in [0.2, 0.25) is 0 Å². The van der Waals surface area contributed by atoms with Gasteiger partial charge in [0.05, 0.1) is 12.6 Å². The lowest BCUT2D eigenvalue weighted by Crippen LogP contribution is -2.43. The molecule has 1 aliphatic rings. The molecule has 2 aromatic rings. The zero-order valence-corrected chi connectivity index (χ0v) is 20.2. The first-order chi connectivity index (χ1) is 13.7. The number of hydrogen-bond acceptors (Lipinski definition) is 3. The summed E-state index contributed by atoms with van der Waals surface area (Å²) in [6.45, 7) is 7.99. The Bertz CT molecular complexity index is 749. The minimum Gasteiger partial charge on any atom is -0.354 e. The van der Waals surface area contributed by atoms with Crippen molar-refractivity contribution in [2.24, 2.45) is 4.99 Å². The first-order valence-corrected chi connectivity index (χ1v) is 10.7. The number of rotatable bonds is 8. The van der Waals surface area contributed by atoms with Gasteiger partial charge in [-0.1, -0.05) is 51.0 Å². The minimum atomic E-state index is 0. The van der Waals surface area contributed by atoms with Crippen molar-refractivity contribution < 1.29 is 0 Å². The third-order valence-electron chi connectivity index (χ3n) is 5.56. The molecular formula is C22H35IN6. The Kier molecular flexibility index (Phi) is 9.90. The summed E-state index contributed by atoms with van der Waals surface area (Å²) in [6.07, 6.45) is 8.82. The van der Waals surface area contributed by atoms with E-state index in [2.05, 4.69) is 70.4 Å². The van der Waals surface area contributed by atoms with E-state index in [0.29, 0.717) is 12.6 Å². The Morgan fingerprint density at radius 2 is 1.90 bits per heavy atom. The second kappa shape index (κ2) is 12.1. The number of benzene rings is 1. The highest BCUT2D eigenvalue weighted by molar-refractivity contribution is 14.0. The number of aryl methyl sites for hydroxylation is 2. The van der Waals surface area contributed by atoms with Crippen LogP contribution in [0.1, 0.15) is 69.4 Å². The second-order valence-corrected chi connectivity index (χ2v) is 7.61. The van der Waals surface area contributed by atoms with Crippen molar-refractivity contribution in [3.05, 3.63) is 47.5 Å². The number of nitrogens with zero attached hydrogens (tertiary/aromatic N) is 4. The Morgan fingerprint density at radius 1 is 1.17 bits per heavy atom. The lowest BCUT2D eigenvalue weighted by Gasteiger charge is -2.22. The third-order valence-corrected chi connectivity index (χ3v) is 5.56. The second-order valence-electron chi connectivity index (χ2n) is 7.61. The van der Waals surface area contributed by atoms with Crippen LogP contribution in [-0.2, 0) is 19.4 Å². The molecule has 0 amide bonds. The van der Waals surface area contributed by atoms with E-state index in [-0.39, 0.29) is 30.0 Å². The van der Waals surface area contributed by atoms with Crippen molar-refractivity contribution in [2.45, 2.75) is 77.9 Å². The smallest absolute Gasteiger partial charge is 0.192 e. The Hall–Kier alpha value is -1.64. The maximum atomic E-state index is 4.85. The number of aliphatic imine (C=N–C) groups is 1. The van der Waals surface area contributed by atoms with Crippen LogP contribution in [0.3, 0.4) is 0 Å². The molecule has 160 valence electrons. The molecule has 6 nitrogen and oxygen atoms in total. The van der Waals surface area contributed by atoms with Crippen LogP contribution in [0.2, 0.25) is 0 Å². The van der Waals surface area contributed by atoms with Gasteiger partial charge in [-0.2, -0.15) is 0 Å². The molecule has 1 atom stereocenters. The van der Waals surface area contributed by atoms with Gasteiger partial charge in [-0.3, -0.25) is 4.99 Å². The maximum Gasteiger partial charge on any atom is 0.192 e. The zero-order chi connectivity index (χ0) is 19.8. The first-order valence-electron chi connectivity index (χ1n) is 10.7. The summed E-state index contributed by atoms with van der Waals surface area (Å²) in [5, 5.41) is 15.4. The van der Waals surface area contributed by atoms with Crippen molar-refractivity contribution in [1.29, 1.82) is 0 Å². The standard InChI is InChI=1S/C22H34N6.HI/c1-4-18-10-12-19(13-11-18)17(3)25-22(26-20-8-6-7-9-20)23-14-15-28-16-24-27-21(28)5-2;/h10-13,16-17,20H,4-9,14-15H2,1-3H3,(H2,23,25,26);1H. The van der Waals surface area contributed by atoms with Crippen molar-refractivity contribution in [1.82, 2.24) is 25.4 Å². The fourth-order valence-electron chi connectivity index (χ4n) is 3.74. The molecule has 1 aromatic heterocycles. The Morgan fingerprint density at radius 3 is 2.55 bits per heavy atom. The van der Waals surface area contributed by atoms with Crippen LogP contribution in [0.25, 0.3) is 0 Å². The SMILES string of the molecule is CCc1ccc(C(C)NC(=NCCn2cnnc2CC)NC2CCCC2)cc1.I. The lowest BCUT2D eigenvalue weighted by atomic mass is 10.1. The molecular weight excluding hydrogens is 475 g/mol. The molecule has 1 heterocycles. The maximum absolute atomic E-state index is 4.85. The predicted octanol–water partition coefficient (Wildman–Crippen LogP) is 4.26. The molecule has 1 saturated carbocycles. The predicted molar refractivity (Wildman–Crippen MR) is 130 cm³/mol. The molecule has 0 saturated heterocycles. The molecule has 0 bridgehead atoms. The molecule has 1 aromatic carbocycles. The zero-order valence-electron chi connectivity index (χ0n) is 17.9. The number of guanidine groups is 1. The quantitative estimate of drug-likeness (QED) is 0.317. The fraction of sp³-hybridized carbons (Fsp3) is 0.591. The number of nitrogens with one attached hydrogen (secondary N) is 2. The molecule has 2 N–H and O–H groups in total. The average Bonchev–Trinajstić information content (AvgIpc) is 3.39. The van der Waals surface area contributed by atoms with Gasteiger partial charge in [0.25, 0.3) is 0 Å². The highest BCUT2D eigenvalue weighted by atomic mass is 127. The van der Waals surface area contributed by atoms with Crippen LogP contribution >= 0.6 is 24.0 Å². The fourth-order valence-corrected chi connectivity index (χ4v) is 3.74. The lowest BCUT2D eigenvalue weighted by molar-refractivity contribution is 0.589. The van der Waals surface area contributed by atoms with E-state index in [4.69, 9.17) is 4.99 Å². The summed E-state index contributed by atoms with van der Waals surface area (Å²) in [5.41, 5.74) is 2.65. The molecule has 0 radical (unpaired) electrons. The topological polar surface area (TPSA) is 67.1 Å². The van der Waals surface area contributed by atoms with Crippen LogP contribution in [0.4, 0.5) is 0 Å². The summed E-state index contributed by atoms with van der Waals surface area (Å²) in [4.78, 5) is 4.85. The third kappa shape index (κ3) is 6.97. The molecule has 1 aliphatic carbocycles.